The van der Waals surface area contributed by atoms with Crippen LogP contribution >= 0.6 is 23.4 Å². The zero-order chi connectivity index (χ0) is 21.3. The van der Waals surface area contributed by atoms with E-state index in [9.17, 15) is 9.18 Å². The first-order valence-electron chi connectivity index (χ1n) is 9.56. The summed E-state index contributed by atoms with van der Waals surface area (Å²) in [5.74, 6) is -0.506. The maximum atomic E-state index is 13.9. The van der Waals surface area contributed by atoms with Crippen molar-refractivity contribution < 1.29 is 9.18 Å². The fraction of sp³-hybridized carbons (Fsp3) is 0.174. The molecule has 0 atom stereocenters. The van der Waals surface area contributed by atoms with E-state index in [-0.39, 0.29) is 11.7 Å². The van der Waals surface area contributed by atoms with Gasteiger partial charge in [0.1, 0.15) is 5.82 Å². The van der Waals surface area contributed by atoms with Crippen LogP contribution in [0.3, 0.4) is 0 Å². The Morgan fingerprint density at radius 1 is 1.27 bits per heavy atom. The van der Waals surface area contributed by atoms with E-state index in [1.807, 2.05) is 5.41 Å². The fourth-order valence-electron chi connectivity index (χ4n) is 2.71. The number of carbonyl (C=O) groups is 1. The van der Waals surface area contributed by atoms with Crippen LogP contribution in [-0.2, 0) is 4.79 Å². The molecule has 0 saturated heterocycles. The number of benzene rings is 1. The van der Waals surface area contributed by atoms with Gasteiger partial charge in [0.25, 0.3) is 5.91 Å². The van der Waals surface area contributed by atoms with Crippen molar-refractivity contribution in [3.63, 3.8) is 0 Å². The highest BCUT2D eigenvalue weighted by Crippen LogP contribution is 2.28. The summed E-state index contributed by atoms with van der Waals surface area (Å²) in [6.45, 7) is 2.69. The van der Waals surface area contributed by atoms with Crippen LogP contribution < -0.4 is 5.32 Å². The van der Waals surface area contributed by atoms with Crippen LogP contribution in [0.4, 0.5) is 4.39 Å². The monoisotopic (exact) mass is 441 g/mol. The van der Waals surface area contributed by atoms with Crippen LogP contribution in [0.2, 0.25) is 5.02 Å². The number of amides is 1. The summed E-state index contributed by atoms with van der Waals surface area (Å²) in [5, 5.41) is 5.22. The lowest BCUT2D eigenvalue weighted by Gasteiger charge is -2.10. The van der Waals surface area contributed by atoms with E-state index < -0.39 is 0 Å². The van der Waals surface area contributed by atoms with Crippen molar-refractivity contribution >= 4 is 35.0 Å². The largest absolute Gasteiger partial charge is 0.352 e. The van der Waals surface area contributed by atoms with Crippen LogP contribution in [0.15, 0.2) is 81.8 Å². The fourth-order valence-corrected chi connectivity index (χ4v) is 3.60. The minimum Gasteiger partial charge on any atom is -0.352 e. The van der Waals surface area contributed by atoms with Crippen molar-refractivity contribution in [3.05, 3.63) is 94.0 Å². The highest BCUT2D eigenvalue weighted by Gasteiger charge is 2.14. The summed E-state index contributed by atoms with van der Waals surface area (Å²) in [6.07, 6.45) is 10.2. The summed E-state index contributed by atoms with van der Waals surface area (Å²) in [5.41, 5.74) is 2.37. The maximum absolute atomic E-state index is 13.9. The van der Waals surface area contributed by atoms with Gasteiger partial charge in [0.2, 0.25) is 0 Å². The molecule has 0 radical (unpaired) electrons. The number of allylic oxidation sites excluding steroid dienone is 2. The Hall–Kier alpha value is -2.70. The van der Waals surface area contributed by atoms with Gasteiger partial charge in [-0.2, -0.15) is 0 Å². The highest BCUT2D eigenvalue weighted by molar-refractivity contribution is 8.02. The van der Waals surface area contributed by atoms with Crippen LogP contribution in [0, 0.1) is 5.82 Å². The average molecular weight is 442 g/mol. The highest BCUT2D eigenvalue weighted by atomic mass is 35.5. The van der Waals surface area contributed by atoms with E-state index in [0.29, 0.717) is 33.4 Å². The molecule has 7 heteroatoms. The zero-order valence-corrected chi connectivity index (χ0v) is 18.0. The van der Waals surface area contributed by atoms with Gasteiger partial charge >= 0.3 is 0 Å². The first-order valence-corrected chi connectivity index (χ1v) is 10.8. The smallest absolute Gasteiger partial charge is 0.251 e. The molecule has 0 aliphatic carbocycles. The molecule has 0 spiro atoms. The summed E-state index contributed by atoms with van der Waals surface area (Å²) in [7, 11) is 0. The number of aliphatic imine (C=N–C) groups is 1. The van der Waals surface area contributed by atoms with E-state index in [4.69, 9.17) is 11.6 Å². The lowest BCUT2D eigenvalue weighted by Crippen LogP contribution is -2.25. The topological polar surface area (TPSA) is 54.4 Å². The van der Waals surface area contributed by atoms with Gasteiger partial charge < -0.3 is 5.32 Å². The Bertz CT molecular complexity index is 1030. The molecule has 3 rings (SSSR count). The molecule has 30 heavy (non-hydrogen) atoms. The van der Waals surface area contributed by atoms with Crippen LogP contribution in [0.5, 0.6) is 0 Å². The third-order valence-corrected chi connectivity index (χ3v) is 5.36. The maximum Gasteiger partial charge on any atom is 0.251 e. The van der Waals surface area contributed by atoms with Crippen molar-refractivity contribution in [2.24, 2.45) is 4.99 Å². The second kappa shape index (κ2) is 10.9. The van der Waals surface area contributed by atoms with E-state index in [0.717, 1.165) is 18.4 Å². The van der Waals surface area contributed by atoms with Gasteiger partial charge in [-0.25, -0.2) is 4.39 Å². The number of fused-ring (bicyclic) bond motifs is 1. The number of nitrogens with one attached hydrogen (secondary N) is 1. The lowest BCUT2D eigenvalue weighted by molar-refractivity contribution is -0.117. The third-order valence-electron chi connectivity index (χ3n) is 4.25. The number of halogens is 2. The Balaban J connectivity index is 2.03. The van der Waals surface area contributed by atoms with E-state index >= 15 is 0 Å². The minimum absolute atomic E-state index is 0.168. The van der Waals surface area contributed by atoms with E-state index in [2.05, 4.69) is 22.2 Å². The number of unbranched alkanes of at least 4 members (excludes halogenated alkanes) is 1. The Labute approximate surface area is 184 Å². The normalized spacial score (nSPS) is 17.6. The van der Waals surface area contributed by atoms with Crippen molar-refractivity contribution in [2.75, 3.05) is 6.54 Å². The first kappa shape index (κ1) is 22.0. The standard InChI is InChI=1S/C23H21ClFN3OS/c1-2-3-11-27-23(29)16-5-4-13-30-21-14-18(25)7-8-19(21)22(26-12-10-16)20-9-6-17(24)15-28-20/h4-10,12-15H,2-3,11H2,1H3,(H,27,29)/b12-10+,13-4+,16-5+,26-22?. The summed E-state index contributed by atoms with van der Waals surface area (Å²) in [4.78, 5) is 22.1. The van der Waals surface area contributed by atoms with Gasteiger partial charge in [-0.1, -0.05) is 42.8 Å². The zero-order valence-electron chi connectivity index (χ0n) is 16.4. The molecule has 0 unspecified atom stereocenters. The molecular formula is C23H21ClFN3OS. The Morgan fingerprint density at radius 3 is 2.90 bits per heavy atom. The van der Waals surface area contributed by atoms with E-state index in [1.165, 1.54) is 30.1 Å². The second-order valence-corrected chi connectivity index (χ2v) is 7.86. The van der Waals surface area contributed by atoms with Crippen molar-refractivity contribution in [3.8, 4) is 0 Å². The molecule has 154 valence electrons. The lowest BCUT2D eigenvalue weighted by atomic mass is 10.1. The number of thioether (sulfide) groups is 1. The van der Waals surface area contributed by atoms with Crippen LogP contribution in [0.25, 0.3) is 0 Å². The van der Waals surface area contributed by atoms with Gasteiger partial charge in [-0.05, 0) is 54.3 Å². The molecular weight excluding hydrogens is 421 g/mol. The van der Waals surface area contributed by atoms with Crippen molar-refractivity contribution in [1.82, 2.24) is 10.3 Å². The molecule has 1 aromatic heterocycles. The van der Waals surface area contributed by atoms with Gasteiger partial charge in [0.15, 0.2) is 0 Å². The van der Waals surface area contributed by atoms with Gasteiger partial charge in [0, 0.05) is 35.0 Å². The number of pyridine rings is 1. The number of hydrogen-bond donors (Lipinski definition) is 1. The molecule has 1 aromatic carbocycles. The molecule has 0 bridgehead atoms. The number of carbonyl (C=O) groups excluding carboxylic acids is 1. The third kappa shape index (κ3) is 5.90. The number of hydrogen-bond acceptors (Lipinski definition) is 4. The van der Waals surface area contributed by atoms with Crippen LogP contribution in [0.1, 0.15) is 31.0 Å². The number of aromatic nitrogens is 1. The van der Waals surface area contributed by atoms with Crippen LogP contribution in [-0.4, -0.2) is 23.1 Å². The quantitative estimate of drug-likeness (QED) is 0.606. The molecule has 0 fully saturated rings. The summed E-state index contributed by atoms with van der Waals surface area (Å²) in [6, 6.07) is 8.01. The molecule has 2 aromatic rings. The summed E-state index contributed by atoms with van der Waals surface area (Å²) < 4.78 is 13.9. The van der Waals surface area contributed by atoms with Crippen molar-refractivity contribution in [2.45, 2.75) is 24.7 Å². The van der Waals surface area contributed by atoms with Gasteiger partial charge in [-0.15, -0.1) is 0 Å². The summed E-state index contributed by atoms with van der Waals surface area (Å²) >= 11 is 7.32. The van der Waals surface area contributed by atoms with E-state index in [1.54, 1.807) is 42.6 Å². The number of nitrogens with zero attached hydrogens (tertiary/aromatic N) is 2. The predicted octanol–water partition coefficient (Wildman–Crippen LogP) is 5.69. The van der Waals surface area contributed by atoms with Crippen molar-refractivity contribution in [1.29, 1.82) is 0 Å². The minimum atomic E-state index is -0.338. The molecule has 1 N–H and O–H groups in total. The molecule has 1 aliphatic heterocycles. The molecule has 0 saturated carbocycles. The SMILES string of the molecule is CCCCNC(=O)C1=C/C=C/Sc2cc(F)ccc2C(c2ccc(Cl)cn2)=N\C=C\1. The number of rotatable bonds is 5. The molecule has 1 aliphatic rings. The average Bonchev–Trinajstić information content (AvgIpc) is 2.77. The Kier molecular flexibility index (Phi) is 7.99. The predicted molar refractivity (Wildman–Crippen MR) is 121 cm³/mol. The Morgan fingerprint density at radius 2 is 2.13 bits per heavy atom. The van der Waals surface area contributed by atoms with Gasteiger partial charge in [0.05, 0.1) is 16.4 Å². The molecule has 4 nitrogen and oxygen atoms in total. The first-order chi connectivity index (χ1) is 14.6. The molecule has 1 amide bonds. The van der Waals surface area contributed by atoms with Gasteiger partial charge in [-0.3, -0.25) is 14.8 Å². The molecule has 2 heterocycles. The second-order valence-electron chi connectivity index (χ2n) is 6.47.